The molecule has 1 saturated heterocycles. The van der Waals surface area contributed by atoms with Crippen LogP contribution in [0.2, 0.25) is 0 Å². The van der Waals surface area contributed by atoms with E-state index >= 15 is 0 Å². The Balaban J connectivity index is 2.02. The van der Waals surface area contributed by atoms with Crippen molar-refractivity contribution >= 4 is 31.4 Å². The molecule has 2 aromatic carbocycles. The van der Waals surface area contributed by atoms with Crippen molar-refractivity contribution in [2.75, 3.05) is 28.4 Å². The molecule has 0 unspecified atom stereocenters. The number of benzene rings is 2. The zero-order valence-corrected chi connectivity index (χ0v) is 16.1. The Labute approximate surface area is 153 Å². The molecule has 0 saturated carbocycles. The molecule has 0 amide bonds. The van der Waals surface area contributed by atoms with E-state index in [1.807, 2.05) is 0 Å². The van der Waals surface area contributed by atoms with Crippen molar-refractivity contribution in [3.63, 3.8) is 0 Å². The first-order valence-corrected chi connectivity index (χ1v) is 11.1. The van der Waals surface area contributed by atoms with Gasteiger partial charge in [-0.25, -0.2) is 16.8 Å². The lowest BCUT2D eigenvalue weighted by molar-refractivity contribution is 0.417. The minimum absolute atomic E-state index is 0.0866. The van der Waals surface area contributed by atoms with Crippen molar-refractivity contribution in [1.82, 2.24) is 0 Å². The molecule has 0 aliphatic carbocycles. The normalized spacial score (nSPS) is 16.5. The zero-order valence-electron chi connectivity index (χ0n) is 14.5. The lowest BCUT2D eigenvalue weighted by Gasteiger charge is -2.20. The van der Waals surface area contributed by atoms with Crippen LogP contribution in [0.15, 0.2) is 47.4 Å². The summed E-state index contributed by atoms with van der Waals surface area (Å²) in [6.45, 7) is 2.08. The number of nitrogens with one attached hydrogen (secondary N) is 1. The maximum atomic E-state index is 12.8. The van der Waals surface area contributed by atoms with Crippen molar-refractivity contribution in [1.29, 1.82) is 0 Å². The van der Waals surface area contributed by atoms with Crippen molar-refractivity contribution < 1.29 is 21.6 Å². The fourth-order valence-electron chi connectivity index (χ4n) is 2.92. The lowest BCUT2D eigenvalue weighted by atomic mass is 10.2. The van der Waals surface area contributed by atoms with Gasteiger partial charge in [-0.3, -0.25) is 9.03 Å². The number of methoxy groups -OCH3 is 1. The summed E-state index contributed by atoms with van der Waals surface area (Å²) in [6, 6.07) is 11.3. The van der Waals surface area contributed by atoms with Gasteiger partial charge in [0.15, 0.2) is 0 Å². The van der Waals surface area contributed by atoms with Crippen LogP contribution in [0.1, 0.15) is 12.0 Å². The molecule has 1 aliphatic heterocycles. The van der Waals surface area contributed by atoms with Gasteiger partial charge in [0.25, 0.3) is 10.0 Å². The summed E-state index contributed by atoms with van der Waals surface area (Å²) in [6.07, 6.45) is 0.540. The predicted octanol–water partition coefficient (Wildman–Crippen LogP) is 2.34. The topological polar surface area (TPSA) is 92.8 Å². The Morgan fingerprint density at radius 3 is 2.50 bits per heavy atom. The standard InChI is InChI=1S/C17H20N2O5S2/c1-13-6-3-4-7-17(13)26(22,23)18-15-12-14(8-9-16(15)24-2)19-10-5-11-25(19,20)21/h3-4,6-9,12,18H,5,10-11H2,1-2H3. The molecule has 0 aromatic heterocycles. The van der Waals surface area contributed by atoms with Crippen molar-refractivity contribution in [3.05, 3.63) is 48.0 Å². The van der Waals surface area contributed by atoms with Crippen LogP contribution >= 0.6 is 0 Å². The summed E-state index contributed by atoms with van der Waals surface area (Å²) in [5, 5.41) is 0. The van der Waals surface area contributed by atoms with E-state index in [9.17, 15) is 16.8 Å². The van der Waals surface area contributed by atoms with Gasteiger partial charge in [-0.2, -0.15) is 0 Å². The van der Waals surface area contributed by atoms with Gasteiger partial charge in [-0.15, -0.1) is 0 Å². The minimum atomic E-state index is -3.84. The number of aryl methyl sites for hydroxylation is 1. The second-order valence-corrected chi connectivity index (χ2v) is 9.66. The lowest BCUT2D eigenvalue weighted by Crippen LogP contribution is -2.25. The van der Waals surface area contributed by atoms with Gasteiger partial charge in [0, 0.05) is 6.54 Å². The van der Waals surface area contributed by atoms with Gasteiger partial charge in [0.1, 0.15) is 5.75 Å². The Morgan fingerprint density at radius 1 is 1.15 bits per heavy atom. The number of rotatable bonds is 5. The number of anilines is 2. The van der Waals surface area contributed by atoms with Gasteiger partial charge >= 0.3 is 0 Å². The maximum absolute atomic E-state index is 12.8. The molecule has 0 spiro atoms. The summed E-state index contributed by atoms with van der Waals surface area (Å²) in [4.78, 5) is 0.154. The Hall–Kier alpha value is -2.26. The fourth-order valence-corrected chi connectivity index (χ4v) is 5.78. The molecule has 1 heterocycles. The van der Waals surface area contributed by atoms with E-state index in [0.29, 0.717) is 30.0 Å². The summed E-state index contributed by atoms with van der Waals surface area (Å²) in [5.41, 5.74) is 1.21. The van der Waals surface area contributed by atoms with Crippen LogP contribution in [-0.2, 0) is 20.0 Å². The predicted molar refractivity (Wildman–Crippen MR) is 101 cm³/mol. The first-order valence-electron chi connectivity index (χ1n) is 8.01. The average molecular weight is 396 g/mol. The van der Waals surface area contributed by atoms with E-state index in [0.717, 1.165) is 0 Å². The number of hydrogen-bond acceptors (Lipinski definition) is 5. The van der Waals surface area contributed by atoms with Gasteiger partial charge in [-0.1, -0.05) is 18.2 Å². The highest BCUT2D eigenvalue weighted by atomic mass is 32.2. The van der Waals surface area contributed by atoms with Crippen LogP contribution in [0.25, 0.3) is 0 Å². The van der Waals surface area contributed by atoms with E-state index in [1.165, 1.54) is 23.5 Å². The first kappa shape index (κ1) is 18.5. The highest BCUT2D eigenvalue weighted by Crippen LogP contribution is 2.34. The number of hydrogen-bond donors (Lipinski definition) is 1. The molecule has 0 bridgehead atoms. The van der Waals surface area contributed by atoms with Crippen LogP contribution in [0, 0.1) is 6.92 Å². The van der Waals surface area contributed by atoms with E-state index in [2.05, 4.69) is 4.72 Å². The van der Waals surface area contributed by atoms with Gasteiger partial charge in [-0.05, 0) is 43.2 Å². The summed E-state index contributed by atoms with van der Waals surface area (Å²) in [7, 11) is -5.78. The molecule has 9 heteroatoms. The van der Waals surface area contributed by atoms with E-state index in [4.69, 9.17) is 4.74 Å². The van der Waals surface area contributed by atoms with E-state index in [-0.39, 0.29) is 16.3 Å². The highest BCUT2D eigenvalue weighted by molar-refractivity contribution is 7.93. The molecular weight excluding hydrogens is 376 g/mol. The second kappa shape index (κ2) is 6.81. The first-order chi connectivity index (χ1) is 12.2. The van der Waals surface area contributed by atoms with Gasteiger partial charge < -0.3 is 4.74 Å². The second-order valence-electron chi connectivity index (χ2n) is 6.00. The molecule has 7 nitrogen and oxygen atoms in total. The molecule has 1 N–H and O–H groups in total. The van der Waals surface area contributed by atoms with Crippen LogP contribution < -0.4 is 13.8 Å². The van der Waals surface area contributed by atoms with Gasteiger partial charge in [0.2, 0.25) is 10.0 Å². The molecular formula is C17H20N2O5S2. The van der Waals surface area contributed by atoms with Crippen LogP contribution in [0.4, 0.5) is 11.4 Å². The quantitative estimate of drug-likeness (QED) is 0.837. The van der Waals surface area contributed by atoms with Gasteiger partial charge in [0.05, 0.1) is 29.1 Å². The third-order valence-electron chi connectivity index (χ3n) is 4.20. The van der Waals surface area contributed by atoms with Crippen LogP contribution in [0.3, 0.4) is 0 Å². The SMILES string of the molecule is COc1ccc(N2CCCS2(=O)=O)cc1NS(=O)(=O)c1ccccc1C. The average Bonchev–Trinajstić information content (AvgIpc) is 2.94. The molecule has 2 aromatic rings. The van der Waals surface area contributed by atoms with Crippen molar-refractivity contribution in [3.8, 4) is 5.75 Å². The molecule has 3 rings (SSSR count). The molecule has 0 atom stereocenters. The fraction of sp³-hybridized carbons (Fsp3) is 0.294. The zero-order chi connectivity index (χ0) is 18.9. The number of sulfonamides is 2. The van der Waals surface area contributed by atoms with Crippen LogP contribution in [-0.4, -0.2) is 36.2 Å². The molecule has 1 aliphatic rings. The van der Waals surface area contributed by atoms with Crippen molar-refractivity contribution in [2.45, 2.75) is 18.2 Å². The largest absolute Gasteiger partial charge is 0.495 e. The Kier molecular flexibility index (Phi) is 4.85. The minimum Gasteiger partial charge on any atom is -0.495 e. The number of nitrogens with zero attached hydrogens (tertiary/aromatic N) is 1. The molecule has 140 valence electrons. The smallest absolute Gasteiger partial charge is 0.262 e. The van der Waals surface area contributed by atoms with E-state index in [1.54, 1.807) is 37.3 Å². The monoisotopic (exact) mass is 396 g/mol. The highest BCUT2D eigenvalue weighted by Gasteiger charge is 2.29. The summed E-state index contributed by atoms with van der Waals surface area (Å²) >= 11 is 0. The van der Waals surface area contributed by atoms with Crippen LogP contribution in [0.5, 0.6) is 5.75 Å². The Morgan fingerprint density at radius 2 is 1.88 bits per heavy atom. The maximum Gasteiger partial charge on any atom is 0.262 e. The third kappa shape index (κ3) is 3.49. The third-order valence-corrected chi connectivity index (χ3v) is 7.59. The molecule has 0 radical (unpaired) electrons. The Bertz CT molecular complexity index is 1030. The van der Waals surface area contributed by atoms with Crippen molar-refractivity contribution in [2.24, 2.45) is 0 Å². The molecule has 26 heavy (non-hydrogen) atoms. The summed E-state index contributed by atoms with van der Waals surface area (Å²) < 4.78 is 58.8. The number of ether oxygens (including phenoxy) is 1. The molecule has 1 fully saturated rings. The van der Waals surface area contributed by atoms with E-state index < -0.39 is 20.0 Å². The summed E-state index contributed by atoms with van der Waals surface area (Å²) in [5.74, 6) is 0.394.